The van der Waals surface area contributed by atoms with Gasteiger partial charge in [-0.3, -0.25) is 4.98 Å². The topological polar surface area (TPSA) is 103 Å². The minimum absolute atomic E-state index is 0.347. The van der Waals surface area contributed by atoms with Gasteiger partial charge in [-0.1, -0.05) is 6.07 Å². The van der Waals surface area contributed by atoms with Crippen LogP contribution in [-0.2, 0) is 19.7 Å². The first-order valence-electron chi connectivity index (χ1n) is 10.9. The maximum atomic E-state index is 5.89. The largest absolute Gasteiger partial charge is 0.471 e. The van der Waals surface area contributed by atoms with Crippen LogP contribution in [0.3, 0.4) is 0 Å². The lowest BCUT2D eigenvalue weighted by molar-refractivity contribution is 0.289. The monoisotopic (exact) mass is 429 g/mol. The zero-order valence-corrected chi connectivity index (χ0v) is 18.4. The van der Waals surface area contributed by atoms with Crippen LogP contribution in [0.15, 0.2) is 43.0 Å². The summed E-state index contributed by atoms with van der Waals surface area (Å²) < 4.78 is 7.97. The van der Waals surface area contributed by atoms with Gasteiger partial charge in [-0.2, -0.15) is 0 Å². The number of nitrogens with one attached hydrogen (secondary N) is 1. The summed E-state index contributed by atoms with van der Waals surface area (Å²) in [5.41, 5.74) is 13.1. The van der Waals surface area contributed by atoms with E-state index in [1.807, 2.05) is 19.2 Å². The Balaban J connectivity index is 1.23. The third kappa shape index (κ3) is 4.40. The summed E-state index contributed by atoms with van der Waals surface area (Å²) in [6, 6.07) is 8.08. The number of pyridine rings is 2. The van der Waals surface area contributed by atoms with E-state index in [0.29, 0.717) is 31.4 Å². The van der Waals surface area contributed by atoms with Crippen LogP contribution in [0, 0.1) is 13.8 Å². The molecule has 0 amide bonds. The van der Waals surface area contributed by atoms with Crippen LogP contribution in [0.2, 0.25) is 0 Å². The van der Waals surface area contributed by atoms with Crippen molar-refractivity contribution in [1.29, 1.82) is 0 Å². The van der Waals surface area contributed by atoms with Crippen molar-refractivity contribution in [3.63, 3.8) is 0 Å². The number of nitrogens with zero attached hydrogens (tertiary/aromatic N) is 5. The summed E-state index contributed by atoms with van der Waals surface area (Å²) >= 11 is 0. The number of hydrogen-bond acceptors (Lipinski definition) is 7. The van der Waals surface area contributed by atoms with E-state index < -0.39 is 0 Å². The van der Waals surface area contributed by atoms with E-state index >= 15 is 0 Å². The highest BCUT2D eigenvalue weighted by atomic mass is 16.5. The number of rotatable bonds is 8. The Kier molecular flexibility index (Phi) is 5.45. The molecule has 0 aliphatic heterocycles. The molecular formula is C24H27N7O. The molecule has 164 valence electrons. The van der Waals surface area contributed by atoms with Crippen molar-refractivity contribution < 1.29 is 4.74 Å². The molecule has 0 spiro atoms. The maximum absolute atomic E-state index is 5.89. The van der Waals surface area contributed by atoms with Crippen molar-refractivity contribution in [3.8, 4) is 5.88 Å². The molecule has 1 fully saturated rings. The van der Waals surface area contributed by atoms with E-state index in [-0.39, 0.29) is 0 Å². The molecule has 1 aliphatic rings. The first-order chi connectivity index (χ1) is 15.6. The molecule has 4 aromatic rings. The fourth-order valence-electron chi connectivity index (χ4n) is 3.94. The summed E-state index contributed by atoms with van der Waals surface area (Å²) in [5.74, 6) is 1.92. The number of hydrogen-bond donors (Lipinski definition) is 2. The molecule has 1 aliphatic carbocycles. The Bertz CT molecular complexity index is 1240. The fraction of sp³-hybridized carbons (Fsp3) is 0.333. The fourth-order valence-corrected chi connectivity index (χ4v) is 3.94. The summed E-state index contributed by atoms with van der Waals surface area (Å²) in [4.78, 5) is 17.7. The van der Waals surface area contributed by atoms with Crippen LogP contribution in [0.1, 0.15) is 52.5 Å². The van der Waals surface area contributed by atoms with Gasteiger partial charge in [0.05, 0.1) is 11.4 Å². The van der Waals surface area contributed by atoms with Gasteiger partial charge < -0.3 is 20.2 Å². The molecule has 5 rings (SSSR count). The smallest absolute Gasteiger partial charge is 0.218 e. The molecule has 0 saturated heterocycles. The number of imidazole rings is 1. The quantitative estimate of drug-likeness (QED) is 0.440. The molecule has 8 heteroatoms. The van der Waals surface area contributed by atoms with Gasteiger partial charge >= 0.3 is 0 Å². The van der Waals surface area contributed by atoms with Gasteiger partial charge in [0.1, 0.15) is 24.4 Å². The molecule has 8 nitrogen and oxygen atoms in total. The summed E-state index contributed by atoms with van der Waals surface area (Å²) in [7, 11) is 0. The molecule has 3 N–H and O–H groups in total. The van der Waals surface area contributed by atoms with Crippen LogP contribution in [0.4, 0.5) is 5.82 Å². The molecule has 32 heavy (non-hydrogen) atoms. The highest BCUT2D eigenvalue weighted by Gasteiger charge is 2.23. The number of ether oxygens (including phenoxy) is 1. The molecule has 0 bridgehead atoms. The lowest BCUT2D eigenvalue weighted by atomic mass is 10.1. The second kappa shape index (κ2) is 8.55. The predicted octanol–water partition coefficient (Wildman–Crippen LogP) is 3.66. The Labute approximate surface area is 186 Å². The molecule has 1 saturated carbocycles. The van der Waals surface area contributed by atoms with Crippen LogP contribution in [-0.4, -0.2) is 24.3 Å². The van der Waals surface area contributed by atoms with E-state index in [0.717, 1.165) is 39.8 Å². The van der Waals surface area contributed by atoms with E-state index in [4.69, 9.17) is 10.5 Å². The normalized spacial score (nSPS) is 13.5. The third-order valence-electron chi connectivity index (χ3n) is 5.85. The first kappa shape index (κ1) is 20.4. The average molecular weight is 430 g/mol. The van der Waals surface area contributed by atoms with Crippen molar-refractivity contribution in [1.82, 2.24) is 24.3 Å². The van der Waals surface area contributed by atoms with Gasteiger partial charge in [0.25, 0.3) is 0 Å². The van der Waals surface area contributed by atoms with Gasteiger partial charge in [0, 0.05) is 37.2 Å². The van der Waals surface area contributed by atoms with Gasteiger partial charge in [0.2, 0.25) is 5.88 Å². The molecule has 0 unspecified atom stereocenters. The molecule has 0 radical (unpaired) electrons. The highest BCUT2D eigenvalue weighted by molar-refractivity contribution is 5.43. The van der Waals surface area contributed by atoms with Gasteiger partial charge in [-0.25, -0.2) is 15.0 Å². The lowest BCUT2D eigenvalue weighted by Gasteiger charge is -2.13. The second-order valence-electron chi connectivity index (χ2n) is 8.32. The van der Waals surface area contributed by atoms with Crippen LogP contribution >= 0.6 is 0 Å². The summed E-state index contributed by atoms with van der Waals surface area (Å²) in [6.45, 7) is 5.47. The maximum Gasteiger partial charge on any atom is 0.218 e. The summed E-state index contributed by atoms with van der Waals surface area (Å²) in [5, 5.41) is 3.34. The minimum Gasteiger partial charge on any atom is -0.471 e. The van der Waals surface area contributed by atoms with Gasteiger partial charge in [-0.05, 0) is 61.4 Å². The Morgan fingerprint density at radius 2 is 1.97 bits per heavy atom. The Morgan fingerprint density at radius 1 is 1.09 bits per heavy atom. The molecule has 0 atom stereocenters. The van der Waals surface area contributed by atoms with Crippen LogP contribution < -0.4 is 15.8 Å². The SMILES string of the molecule is Cc1cc(CN)nc(C)c1CNc1cc(OCc2cn3cc(C4CC4)ccc3n2)ncn1. The summed E-state index contributed by atoms with van der Waals surface area (Å²) in [6.07, 6.45) is 8.27. The van der Waals surface area contributed by atoms with Crippen LogP contribution in [0.25, 0.3) is 5.65 Å². The van der Waals surface area contributed by atoms with Crippen molar-refractivity contribution in [2.45, 2.75) is 52.3 Å². The van der Waals surface area contributed by atoms with Crippen molar-refractivity contribution in [2.75, 3.05) is 5.32 Å². The van der Waals surface area contributed by atoms with E-state index in [1.165, 1.54) is 24.7 Å². The molecule has 0 aromatic carbocycles. The predicted molar refractivity (Wildman–Crippen MR) is 122 cm³/mol. The number of nitrogens with two attached hydrogens (primary N) is 1. The second-order valence-corrected chi connectivity index (χ2v) is 8.32. The number of aromatic nitrogens is 5. The zero-order chi connectivity index (χ0) is 22.1. The number of aryl methyl sites for hydroxylation is 2. The molecular weight excluding hydrogens is 402 g/mol. The van der Waals surface area contributed by atoms with Crippen molar-refractivity contribution in [2.24, 2.45) is 5.73 Å². The third-order valence-corrected chi connectivity index (χ3v) is 5.85. The molecule has 4 aromatic heterocycles. The zero-order valence-electron chi connectivity index (χ0n) is 18.4. The highest BCUT2D eigenvalue weighted by Crippen LogP contribution is 2.39. The average Bonchev–Trinajstić information content (AvgIpc) is 3.56. The minimum atomic E-state index is 0.347. The van der Waals surface area contributed by atoms with Gasteiger partial charge in [-0.15, -0.1) is 0 Å². The van der Waals surface area contributed by atoms with Crippen molar-refractivity contribution in [3.05, 3.63) is 76.8 Å². The first-order valence-corrected chi connectivity index (χ1v) is 10.9. The molecule has 4 heterocycles. The standard InChI is InChI=1S/C24H27N7O/c1-15-7-19(9-25)29-16(2)21(15)10-26-22-8-24(28-14-27-22)32-13-20-12-31-11-18(17-3-4-17)5-6-23(31)30-20/h5-8,11-12,14,17H,3-4,9-10,13,25H2,1-2H3,(H,26,27,28). The Hall–Kier alpha value is -3.52. The van der Waals surface area contributed by atoms with Crippen LogP contribution in [0.5, 0.6) is 5.88 Å². The number of fused-ring (bicyclic) bond motifs is 1. The van der Waals surface area contributed by atoms with Gasteiger partial charge in [0.15, 0.2) is 0 Å². The number of anilines is 1. The Morgan fingerprint density at radius 3 is 2.75 bits per heavy atom. The van der Waals surface area contributed by atoms with Crippen molar-refractivity contribution >= 4 is 11.5 Å². The van der Waals surface area contributed by atoms with E-state index in [1.54, 1.807) is 6.07 Å². The van der Waals surface area contributed by atoms with E-state index in [2.05, 4.69) is 54.9 Å². The lowest BCUT2D eigenvalue weighted by Crippen LogP contribution is -2.09. The van der Waals surface area contributed by atoms with E-state index in [9.17, 15) is 0 Å².